The lowest BCUT2D eigenvalue weighted by Gasteiger charge is -2.30. The maximum absolute atomic E-state index is 6.08. The van der Waals surface area contributed by atoms with Gasteiger partial charge < -0.3 is 10.2 Å². The van der Waals surface area contributed by atoms with Crippen LogP contribution in [0.2, 0.25) is 5.04 Å². The van der Waals surface area contributed by atoms with Gasteiger partial charge in [0.2, 0.25) is 0 Å². The zero-order chi connectivity index (χ0) is 12.4. The van der Waals surface area contributed by atoms with Crippen molar-refractivity contribution in [2.75, 3.05) is 5.73 Å². The van der Waals surface area contributed by atoms with E-state index in [0.717, 1.165) is 5.56 Å². The summed E-state index contributed by atoms with van der Waals surface area (Å²) in [6, 6.07) is 3.88. The van der Waals surface area contributed by atoms with Crippen molar-refractivity contribution >= 4 is 15.6 Å². The van der Waals surface area contributed by atoms with Crippen LogP contribution in [-0.4, -0.2) is 14.7 Å². The lowest BCUT2D eigenvalue weighted by molar-refractivity contribution is 0.110. The standard InChI is InChI=1S/C12H22N2OSi/c1-11(2,3)16-15-12(4,5)9-7-6-8-14-10(9)13/h6-8H,16H2,1-5H3,(H2,13,14). The Balaban J connectivity index is 2.82. The summed E-state index contributed by atoms with van der Waals surface area (Å²) in [4.78, 5) is 4.10. The average Bonchev–Trinajstić information content (AvgIpc) is 2.14. The molecular weight excluding hydrogens is 216 g/mol. The van der Waals surface area contributed by atoms with E-state index in [9.17, 15) is 0 Å². The van der Waals surface area contributed by atoms with Crippen LogP contribution in [0.1, 0.15) is 40.2 Å². The summed E-state index contributed by atoms with van der Waals surface area (Å²) in [5.74, 6) is 0.565. The molecule has 1 rings (SSSR count). The zero-order valence-corrected chi connectivity index (χ0v) is 12.3. The predicted molar refractivity (Wildman–Crippen MR) is 71.0 cm³/mol. The summed E-state index contributed by atoms with van der Waals surface area (Å²) in [7, 11) is -0.598. The number of pyridine rings is 1. The Bertz CT molecular complexity index is 358. The van der Waals surface area contributed by atoms with Crippen LogP contribution >= 0.6 is 0 Å². The molecule has 0 amide bonds. The van der Waals surface area contributed by atoms with Gasteiger partial charge in [-0.3, -0.25) is 0 Å². The van der Waals surface area contributed by atoms with E-state index >= 15 is 0 Å². The first-order valence-electron chi connectivity index (χ1n) is 5.57. The molecule has 0 bridgehead atoms. The zero-order valence-electron chi connectivity index (χ0n) is 10.9. The molecule has 0 fully saturated rings. The van der Waals surface area contributed by atoms with Crippen molar-refractivity contribution in [1.29, 1.82) is 0 Å². The fourth-order valence-corrected chi connectivity index (χ4v) is 2.35. The van der Waals surface area contributed by atoms with Crippen LogP contribution in [0.15, 0.2) is 18.3 Å². The van der Waals surface area contributed by atoms with Gasteiger partial charge in [-0.15, -0.1) is 0 Å². The molecule has 0 aliphatic carbocycles. The SMILES string of the molecule is CC(C)(C)[SiH2]OC(C)(C)c1cccnc1N. The van der Waals surface area contributed by atoms with Gasteiger partial charge in [-0.1, -0.05) is 26.8 Å². The first-order valence-corrected chi connectivity index (χ1v) is 6.86. The van der Waals surface area contributed by atoms with Crippen LogP contribution in [0.5, 0.6) is 0 Å². The van der Waals surface area contributed by atoms with E-state index in [4.69, 9.17) is 10.2 Å². The van der Waals surface area contributed by atoms with Gasteiger partial charge in [0.1, 0.15) is 5.82 Å². The Morgan fingerprint density at radius 2 is 1.88 bits per heavy atom. The van der Waals surface area contributed by atoms with Gasteiger partial charge in [0.05, 0.1) is 5.60 Å². The molecule has 0 aromatic carbocycles. The minimum absolute atomic E-state index is 0.286. The molecule has 0 aliphatic rings. The van der Waals surface area contributed by atoms with Crippen molar-refractivity contribution in [3.63, 3.8) is 0 Å². The highest BCUT2D eigenvalue weighted by Crippen LogP contribution is 2.31. The van der Waals surface area contributed by atoms with Crippen molar-refractivity contribution < 1.29 is 4.43 Å². The number of anilines is 1. The summed E-state index contributed by atoms with van der Waals surface area (Å²) >= 11 is 0. The molecule has 16 heavy (non-hydrogen) atoms. The average molecular weight is 238 g/mol. The van der Waals surface area contributed by atoms with E-state index in [1.54, 1.807) is 6.20 Å². The fourth-order valence-electron chi connectivity index (χ4n) is 1.40. The number of rotatable bonds is 3. The minimum atomic E-state index is -0.598. The molecule has 3 nitrogen and oxygen atoms in total. The number of nitrogens with zero attached hydrogens (tertiary/aromatic N) is 1. The molecule has 0 saturated carbocycles. The smallest absolute Gasteiger partial charge is 0.168 e. The Kier molecular flexibility index (Phi) is 3.75. The molecule has 1 aromatic heterocycles. The second kappa shape index (κ2) is 4.55. The third kappa shape index (κ3) is 3.61. The van der Waals surface area contributed by atoms with Crippen molar-refractivity contribution in [2.24, 2.45) is 0 Å². The van der Waals surface area contributed by atoms with Crippen LogP contribution in [-0.2, 0) is 10.0 Å². The van der Waals surface area contributed by atoms with Crippen molar-refractivity contribution in [3.8, 4) is 0 Å². The van der Waals surface area contributed by atoms with Gasteiger partial charge in [-0.25, -0.2) is 4.98 Å². The van der Waals surface area contributed by atoms with Crippen LogP contribution in [0, 0.1) is 0 Å². The number of nitrogens with two attached hydrogens (primary N) is 1. The maximum Gasteiger partial charge on any atom is 0.168 e. The first-order chi connectivity index (χ1) is 7.22. The molecule has 0 aliphatic heterocycles. The Hall–Kier alpha value is -0.873. The van der Waals surface area contributed by atoms with E-state index in [1.165, 1.54) is 0 Å². The van der Waals surface area contributed by atoms with Gasteiger partial charge in [0.25, 0.3) is 0 Å². The van der Waals surface area contributed by atoms with Crippen molar-refractivity contribution in [3.05, 3.63) is 23.9 Å². The number of hydrogen-bond acceptors (Lipinski definition) is 3. The highest BCUT2D eigenvalue weighted by atomic mass is 28.2. The monoisotopic (exact) mass is 238 g/mol. The molecule has 0 spiro atoms. The van der Waals surface area contributed by atoms with E-state index < -0.39 is 9.76 Å². The predicted octanol–water partition coefficient (Wildman–Crippen LogP) is 2.22. The lowest BCUT2D eigenvalue weighted by atomic mass is 9.99. The van der Waals surface area contributed by atoms with Gasteiger partial charge in [-0.05, 0) is 25.0 Å². The highest BCUT2D eigenvalue weighted by Gasteiger charge is 2.26. The summed E-state index contributed by atoms with van der Waals surface area (Å²) in [5, 5.41) is 0.286. The quantitative estimate of drug-likeness (QED) is 0.821. The molecule has 0 radical (unpaired) electrons. The first kappa shape index (κ1) is 13.2. The van der Waals surface area contributed by atoms with Crippen LogP contribution < -0.4 is 5.73 Å². The molecule has 1 heterocycles. The fraction of sp³-hybridized carbons (Fsp3) is 0.583. The lowest BCUT2D eigenvalue weighted by Crippen LogP contribution is -2.28. The van der Waals surface area contributed by atoms with Crippen LogP contribution in [0.3, 0.4) is 0 Å². The third-order valence-electron chi connectivity index (χ3n) is 2.35. The van der Waals surface area contributed by atoms with Crippen molar-refractivity contribution in [1.82, 2.24) is 4.98 Å². The normalized spacial score (nSPS) is 13.6. The molecule has 2 N–H and O–H groups in total. The summed E-state index contributed by atoms with van der Waals surface area (Å²) in [5.41, 5.74) is 6.51. The summed E-state index contributed by atoms with van der Waals surface area (Å²) in [6.07, 6.45) is 1.70. The van der Waals surface area contributed by atoms with E-state index in [1.807, 2.05) is 12.1 Å². The Labute approximate surface area is 100 Å². The third-order valence-corrected chi connectivity index (χ3v) is 4.09. The van der Waals surface area contributed by atoms with Crippen LogP contribution in [0.25, 0.3) is 0 Å². The Morgan fingerprint density at radius 3 is 2.38 bits per heavy atom. The Morgan fingerprint density at radius 1 is 1.25 bits per heavy atom. The molecule has 4 heteroatoms. The van der Waals surface area contributed by atoms with Gasteiger partial charge >= 0.3 is 0 Å². The highest BCUT2D eigenvalue weighted by molar-refractivity contribution is 6.31. The van der Waals surface area contributed by atoms with Crippen molar-refractivity contribution in [2.45, 2.75) is 45.3 Å². The van der Waals surface area contributed by atoms with E-state index in [0.29, 0.717) is 5.82 Å². The molecule has 1 aromatic rings. The topological polar surface area (TPSA) is 48.1 Å². The number of aromatic nitrogens is 1. The summed E-state index contributed by atoms with van der Waals surface area (Å²) in [6.45, 7) is 10.7. The maximum atomic E-state index is 6.08. The van der Waals surface area contributed by atoms with Gasteiger partial charge in [0.15, 0.2) is 9.76 Å². The second-order valence-corrected chi connectivity index (χ2v) is 8.49. The van der Waals surface area contributed by atoms with E-state index in [-0.39, 0.29) is 10.6 Å². The largest absolute Gasteiger partial charge is 0.414 e. The van der Waals surface area contributed by atoms with Gasteiger partial charge in [0, 0.05) is 11.8 Å². The summed E-state index contributed by atoms with van der Waals surface area (Å²) < 4.78 is 6.08. The molecule has 0 atom stereocenters. The van der Waals surface area contributed by atoms with Gasteiger partial charge in [-0.2, -0.15) is 0 Å². The molecule has 90 valence electrons. The van der Waals surface area contributed by atoms with Crippen LogP contribution in [0.4, 0.5) is 5.82 Å². The number of nitrogen functional groups attached to an aromatic ring is 1. The number of hydrogen-bond donors (Lipinski definition) is 1. The van der Waals surface area contributed by atoms with E-state index in [2.05, 4.69) is 39.6 Å². The molecule has 0 unspecified atom stereocenters. The molecule has 0 saturated heterocycles. The molecular formula is C12H22N2OSi. The second-order valence-electron chi connectivity index (χ2n) is 5.80. The minimum Gasteiger partial charge on any atom is -0.414 e.